The standard InChI is InChI=1S/C4H6O5.C2H5NO2.Mn/c5-2(4(8)9)1-3(6)7;3-1-2(4)5;/h2,5H,1H2,(H,6,7)(H,8,9);1,3H2,(H,4,5);/q;;+2. The molecule has 0 aromatic carbocycles. The zero-order valence-corrected chi connectivity index (χ0v) is 8.64. The first-order chi connectivity index (χ1) is 6.31. The molecule has 87 valence electrons. The fraction of sp³-hybridized carbons (Fsp3) is 0.500. The molecule has 1 radical (unpaired) electrons. The third-order valence-corrected chi connectivity index (χ3v) is 0.828. The predicted molar refractivity (Wildman–Crippen MR) is 42.6 cm³/mol. The minimum Gasteiger partial charge on any atom is -0.481 e. The van der Waals surface area contributed by atoms with Crippen LogP contribution in [0.15, 0.2) is 0 Å². The van der Waals surface area contributed by atoms with E-state index in [4.69, 9.17) is 20.4 Å². The maximum Gasteiger partial charge on any atom is 2.00 e. The van der Waals surface area contributed by atoms with Crippen LogP contribution in [-0.2, 0) is 31.5 Å². The first-order valence-electron chi connectivity index (χ1n) is 3.35. The average molecular weight is 264 g/mol. The molecule has 0 saturated carbocycles. The van der Waals surface area contributed by atoms with Crippen molar-refractivity contribution >= 4 is 17.9 Å². The molecule has 0 rings (SSSR count). The van der Waals surface area contributed by atoms with Gasteiger partial charge in [0.15, 0.2) is 6.10 Å². The summed E-state index contributed by atoms with van der Waals surface area (Å²) in [6, 6.07) is 0. The van der Waals surface area contributed by atoms with E-state index in [1.807, 2.05) is 0 Å². The number of carbonyl (C=O) groups is 3. The fourth-order valence-corrected chi connectivity index (χ4v) is 0.253. The molecular formula is C6H11MnNO7+2. The van der Waals surface area contributed by atoms with Gasteiger partial charge in [-0.2, -0.15) is 0 Å². The molecule has 9 heteroatoms. The van der Waals surface area contributed by atoms with Crippen molar-refractivity contribution in [3.8, 4) is 0 Å². The van der Waals surface area contributed by atoms with E-state index in [-0.39, 0.29) is 23.6 Å². The van der Waals surface area contributed by atoms with Gasteiger partial charge in [0.25, 0.3) is 0 Å². The molecule has 1 atom stereocenters. The van der Waals surface area contributed by atoms with Crippen molar-refractivity contribution in [2.75, 3.05) is 6.54 Å². The summed E-state index contributed by atoms with van der Waals surface area (Å²) >= 11 is 0. The summed E-state index contributed by atoms with van der Waals surface area (Å²) in [6.45, 7) is -0.278. The second-order valence-corrected chi connectivity index (χ2v) is 2.05. The summed E-state index contributed by atoms with van der Waals surface area (Å²) in [7, 11) is 0. The largest absolute Gasteiger partial charge is 2.00 e. The molecule has 0 aliphatic heterocycles. The zero-order valence-electron chi connectivity index (χ0n) is 7.46. The zero-order chi connectivity index (χ0) is 11.7. The van der Waals surface area contributed by atoms with Crippen LogP contribution >= 0.6 is 0 Å². The maximum atomic E-state index is 9.72. The van der Waals surface area contributed by atoms with Gasteiger partial charge in [-0.25, -0.2) is 4.79 Å². The Morgan fingerprint density at radius 2 is 1.40 bits per heavy atom. The van der Waals surface area contributed by atoms with E-state index in [2.05, 4.69) is 5.73 Å². The Morgan fingerprint density at radius 1 is 1.07 bits per heavy atom. The number of carboxylic acids is 3. The molecule has 0 aliphatic rings. The SMILES string of the molecule is NCC(=O)O.O=C(O)CC(O)C(=O)O.[Mn+2]. The number of aliphatic carboxylic acids is 3. The van der Waals surface area contributed by atoms with Crippen molar-refractivity contribution in [1.29, 1.82) is 0 Å². The molecule has 0 amide bonds. The Morgan fingerprint density at radius 3 is 1.47 bits per heavy atom. The first kappa shape index (κ1) is 19.4. The van der Waals surface area contributed by atoms with E-state index in [0.717, 1.165) is 0 Å². The molecular weight excluding hydrogens is 253 g/mol. The molecule has 0 bridgehead atoms. The van der Waals surface area contributed by atoms with E-state index in [1.165, 1.54) is 0 Å². The van der Waals surface area contributed by atoms with Gasteiger partial charge < -0.3 is 26.2 Å². The summed E-state index contributed by atoms with van der Waals surface area (Å²) in [4.78, 5) is 28.7. The van der Waals surface area contributed by atoms with Crippen LogP contribution in [0.25, 0.3) is 0 Å². The molecule has 0 aromatic heterocycles. The number of aliphatic hydroxyl groups is 1. The topological polar surface area (TPSA) is 158 Å². The number of hydrogen-bond acceptors (Lipinski definition) is 5. The van der Waals surface area contributed by atoms with Crippen molar-refractivity contribution in [2.45, 2.75) is 12.5 Å². The Balaban J connectivity index is -0.000000208. The van der Waals surface area contributed by atoms with Crippen LogP contribution in [-0.4, -0.2) is 51.0 Å². The summed E-state index contributed by atoms with van der Waals surface area (Å²) in [5.41, 5.74) is 4.57. The monoisotopic (exact) mass is 264 g/mol. The summed E-state index contributed by atoms with van der Waals surface area (Å²) < 4.78 is 0. The van der Waals surface area contributed by atoms with Gasteiger partial charge in [-0.3, -0.25) is 9.59 Å². The minimum absolute atomic E-state index is 0. The Hall–Kier alpha value is -1.15. The van der Waals surface area contributed by atoms with E-state index < -0.39 is 30.4 Å². The molecule has 0 aromatic rings. The second-order valence-electron chi connectivity index (χ2n) is 2.05. The summed E-state index contributed by atoms with van der Waals surface area (Å²) in [5.74, 6) is -3.81. The van der Waals surface area contributed by atoms with Gasteiger partial charge in [-0.15, -0.1) is 0 Å². The molecule has 0 heterocycles. The number of carboxylic acid groups (broad SMARTS) is 3. The molecule has 1 unspecified atom stereocenters. The van der Waals surface area contributed by atoms with Crippen LogP contribution in [0.3, 0.4) is 0 Å². The van der Waals surface area contributed by atoms with Crippen LogP contribution < -0.4 is 5.73 Å². The van der Waals surface area contributed by atoms with E-state index in [0.29, 0.717) is 0 Å². The van der Waals surface area contributed by atoms with Crippen molar-refractivity contribution in [3.63, 3.8) is 0 Å². The van der Waals surface area contributed by atoms with Gasteiger partial charge >= 0.3 is 35.0 Å². The van der Waals surface area contributed by atoms with Gasteiger partial charge in [0.2, 0.25) is 0 Å². The Labute approximate surface area is 95.2 Å². The number of rotatable bonds is 4. The van der Waals surface area contributed by atoms with Gasteiger partial charge in [0, 0.05) is 0 Å². The van der Waals surface area contributed by atoms with E-state index in [1.54, 1.807) is 0 Å². The van der Waals surface area contributed by atoms with Gasteiger partial charge in [0.05, 0.1) is 13.0 Å². The predicted octanol–water partition coefficient (Wildman–Crippen LogP) is -2.07. The van der Waals surface area contributed by atoms with Crippen LogP contribution in [0.2, 0.25) is 0 Å². The molecule has 0 saturated heterocycles. The number of nitrogens with two attached hydrogens (primary N) is 1. The smallest absolute Gasteiger partial charge is 0.481 e. The van der Waals surface area contributed by atoms with Crippen LogP contribution in [0, 0.1) is 0 Å². The maximum absolute atomic E-state index is 9.72. The molecule has 0 fully saturated rings. The van der Waals surface area contributed by atoms with Crippen molar-refractivity contribution in [1.82, 2.24) is 0 Å². The van der Waals surface area contributed by atoms with Crippen molar-refractivity contribution in [2.24, 2.45) is 5.73 Å². The normalized spacial score (nSPS) is 10.0. The van der Waals surface area contributed by atoms with Gasteiger partial charge in [-0.05, 0) is 0 Å². The molecule has 0 aliphatic carbocycles. The van der Waals surface area contributed by atoms with Gasteiger partial charge in [0.1, 0.15) is 0 Å². The quantitative estimate of drug-likeness (QED) is 0.362. The summed E-state index contributed by atoms with van der Waals surface area (Å²) in [6.07, 6.45) is -2.54. The fourth-order valence-electron chi connectivity index (χ4n) is 0.253. The van der Waals surface area contributed by atoms with E-state index in [9.17, 15) is 14.4 Å². The molecule has 0 spiro atoms. The van der Waals surface area contributed by atoms with Gasteiger partial charge in [-0.1, -0.05) is 0 Å². The first-order valence-corrected chi connectivity index (χ1v) is 3.35. The Kier molecular flexibility index (Phi) is 14.2. The molecule has 15 heavy (non-hydrogen) atoms. The van der Waals surface area contributed by atoms with Crippen molar-refractivity contribution < 1.29 is 51.9 Å². The average Bonchev–Trinajstić information content (AvgIpc) is 2.04. The van der Waals surface area contributed by atoms with Crippen LogP contribution in [0.1, 0.15) is 6.42 Å². The number of aliphatic hydroxyl groups excluding tert-OH is 1. The van der Waals surface area contributed by atoms with E-state index >= 15 is 0 Å². The third-order valence-electron chi connectivity index (χ3n) is 0.828. The Bertz CT molecular complexity index is 220. The van der Waals surface area contributed by atoms with Crippen molar-refractivity contribution in [3.05, 3.63) is 0 Å². The third kappa shape index (κ3) is 19.3. The molecule has 6 N–H and O–H groups in total. The van der Waals surface area contributed by atoms with Crippen LogP contribution in [0.5, 0.6) is 0 Å². The summed E-state index contributed by atoms with van der Waals surface area (Å²) in [5, 5.41) is 31.7. The number of hydrogen-bond donors (Lipinski definition) is 5. The minimum atomic E-state index is -1.79. The molecule has 8 nitrogen and oxygen atoms in total. The second kappa shape index (κ2) is 10.9. The van der Waals surface area contributed by atoms with Crippen LogP contribution in [0.4, 0.5) is 0 Å².